The Morgan fingerprint density at radius 3 is 2.96 bits per heavy atom. The van der Waals surface area contributed by atoms with Gasteiger partial charge in [0.15, 0.2) is 11.7 Å². The van der Waals surface area contributed by atoms with Gasteiger partial charge in [-0.05, 0) is 37.5 Å². The minimum atomic E-state index is 0.111. The van der Waals surface area contributed by atoms with Gasteiger partial charge in [0.05, 0.1) is 11.2 Å². The van der Waals surface area contributed by atoms with Crippen LogP contribution in [0.5, 0.6) is 0 Å². The fourth-order valence-corrected chi connectivity index (χ4v) is 3.67. The van der Waals surface area contributed by atoms with Gasteiger partial charge in [0, 0.05) is 42.6 Å². The molecular weight excluding hydrogens is 361 g/mol. The maximum atomic E-state index is 12.5. The molecule has 1 aromatic heterocycles. The molecule has 0 aliphatic carbocycles. The Hall–Kier alpha value is -1.56. The number of carbonyl (C=O) groups excluding carboxylic acids is 1. The number of nitrogens with two attached hydrogens (primary N) is 1. The molecule has 3 rings (SSSR count). The van der Waals surface area contributed by atoms with Crippen molar-refractivity contribution in [2.75, 3.05) is 13.1 Å². The molecule has 2 aromatic rings. The third-order valence-corrected chi connectivity index (χ3v) is 5.07. The van der Waals surface area contributed by atoms with Gasteiger partial charge in [-0.1, -0.05) is 23.2 Å². The zero-order valence-electron chi connectivity index (χ0n) is 13.9. The molecular formula is C18H21Cl2N3O2. The second-order valence-electron chi connectivity index (χ2n) is 6.21. The highest BCUT2D eigenvalue weighted by Gasteiger charge is 2.25. The van der Waals surface area contributed by atoms with Crippen LogP contribution in [-0.2, 0) is 11.2 Å². The Morgan fingerprint density at radius 1 is 1.36 bits per heavy atom. The standard InChI is InChI=1S/C18H21Cl2N3O2/c19-12-4-5-14(15(20)9-12)16-11-22-17(25-16)6-7-18(24)23-8-2-1-3-13(23)10-21/h4-5,9,11,13H,1-3,6-8,10,21H2. The molecule has 2 heterocycles. The summed E-state index contributed by atoms with van der Waals surface area (Å²) in [5.74, 6) is 1.21. The number of carbonyl (C=O) groups is 1. The Kier molecular flexibility index (Phi) is 5.99. The van der Waals surface area contributed by atoms with Crippen molar-refractivity contribution < 1.29 is 9.21 Å². The minimum absolute atomic E-state index is 0.111. The predicted octanol–water partition coefficient (Wildman–Crippen LogP) is 3.92. The number of aromatic nitrogens is 1. The molecule has 0 spiro atoms. The van der Waals surface area contributed by atoms with E-state index in [4.69, 9.17) is 33.4 Å². The molecule has 1 saturated heterocycles. The van der Waals surface area contributed by atoms with Crippen LogP contribution in [0.3, 0.4) is 0 Å². The number of halogens is 2. The first-order chi connectivity index (χ1) is 12.1. The van der Waals surface area contributed by atoms with Crippen LogP contribution in [0.25, 0.3) is 11.3 Å². The molecule has 1 fully saturated rings. The molecule has 0 saturated carbocycles. The molecule has 1 unspecified atom stereocenters. The van der Waals surface area contributed by atoms with Crippen LogP contribution in [0.15, 0.2) is 28.8 Å². The lowest BCUT2D eigenvalue weighted by Crippen LogP contribution is -2.47. The van der Waals surface area contributed by atoms with Crippen LogP contribution in [-0.4, -0.2) is 34.9 Å². The van der Waals surface area contributed by atoms with Crippen LogP contribution in [0.4, 0.5) is 0 Å². The van der Waals surface area contributed by atoms with E-state index in [-0.39, 0.29) is 11.9 Å². The van der Waals surface area contributed by atoms with Crippen LogP contribution >= 0.6 is 23.2 Å². The number of benzene rings is 1. The number of rotatable bonds is 5. The molecule has 1 aliphatic rings. The Morgan fingerprint density at radius 2 is 2.20 bits per heavy atom. The molecule has 7 heteroatoms. The maximum absolute atomic E-state index is 12.5. The van der Waals surface area contributed by atoms with E-state index in [0.717, 1.165) is 31.4 Å². The van der Waals surface area contributed by atoms with Gasteiger partial charge >= 0.3 is 0 Å². The monoisotopic (exact) mass is 381 g/mol. The van der Waals surface area contributed by atoms with Gasteiger partial charge in [0.1, 0.15) is 0 Å². The number of nitrogens with zero attached hydrogens (tertiary/aromatic N) is 2. The molecule has 1 atom stereocenters. The first-order valence-electron chi connectivity index (χ1n) is 8.48. The largest absolute Gasteiger partial charge is 0.441 e. The summed E-state index contributed by atoms with van der Waals surface area (Å²) >= 11 is 12.1. The summed E-state index contributed by atoms with van der Waals surface area (Å²) in [5.41, 5.74) is 6.52. The van der Waals surface area contributed by atoms with Crippen LogP contribution in [0, 0.1) is 0 Å². The van der Waals surface area contributed by atoms with Crippen molar-refractivity contribution in [1.29, 1.82) is 0 Å². The summed E-state index contributed by atoms with van der Waals surface area (Å²) < 4.78 is 5.75. The van der Waals surface area contributed by atoms with Crippen LogP contribution in [0.1, 0.15) is 31.6 Å². The van der Waals surface area contributed by atoms with Crippen molar-refractivity contribution in [3.8, 4) is 11.3 Å². The van der Waals surface area contributed by atoms with E-state index in [9.17, 15) is 4.79 Å². The number of hydrogen-bond acceptors (Lipinski definition) is 4. The van der Waals surface area contributed by atoms with Crippen molar-refractivity contribution in [2.24, 2.45) is 5.73 Å². The van der Waals surface area contributed by atoms with Crippen molar-refractivity contribution in [1.82, 2.24) is 9.88 Å². The van der Waals surface area contributed by atoms with Gasteiger partial charge in [-0.3, -0.25) is 4.79 Å². The summed E-state index contributed by atoms with van der Waals surface area (Å²) in [6, 6.07) is 5.36. The summed E-state index contributed by atoms with van der Waals surface area (Å²) in [4.78, 5) is 18.6. The summed E-state index contributed by atoms with van der Waals surface area (Å²) in [7, 11) is 0. The molecule has 1 aromatic carbocycles. The lowest BCUT2D eigenvalue weighted by Gasteiger charge is -2.35. The molecule has 0 radical (unpaired) electrons. The lowest BCUT2D eigenvalue weighted by molar-refractivity contribution is -0.134. The fraction of sp³-hybridized carbons (Fsp3) is 0.444. The van der Waals surface area contributed by atoms with E-state index in [2.05, 4.69) is 4.98 Å². The van der Waals surface area contributed by atoms with Crippen molar-refractivity contribution >= 4 is 29.1 Å². The number of likely N-dealkylation sites (tertiary alicyclic amines) is 1. The van der Waals surface area contributed by atoms with E-state index in [0.29, 0.717) is 41.1 Å². The number of piperidine rings is 1. The van der Waals surface area contributed by atoms with E-state index in [1.54, 1.807) is 24.4 Å². The normalized spacial score (nSPS) is 17.7. The van der Waals surface area contributed by atoms with Gasteiger partial charge in [-0.2, -0.15) is 0 Å². The maximum Gasteiger partial charge on any atom is 0.223 e. The number of hydrogen-bond donors (Lipinski definition) is 1. The lowest BCUT2D eigenvalue weighted by atomic mass is 10.0. The van der Waals surface area contributed by atoms with E-state index in [1.165, 1.54) is 0 Å². The Labute approximate surface area is 157 Å². The zero-order valence-corrected chi connectivity index (χ0v) is 15.4. The Balaban J connectivity index is 1.62. The Bertz CT molecular complexity index is 748. The highest BCUT2D eigenvalue weighted by molar-refractivity contribution is 6.36. The summed E-state index contributed by atoms with van der Waals surface area (Å²) in [6.45, 7) is 1.31. The van der Waals surface area contributed by atoms with Gasteiger partial charge in [-0.25, -0.2) is 4.98 Å². The number of amides is 1. The quantitative estimate of drug-likeness (QED) is 0.851. The second-order valence-corrected chi connectivity index (χ2v) is 7.06. The van der Waals surface area contributed by atoms with E-state index >= 15 is 0 Å². The molecule has 1 amide bonds. The predicted molar refractivity (Wildman–Crippen MR) is 98.7 cm³/mol. The van der Waals surface area contributed by atoms with Crippen molar-refractivity contribution in [3.63, 3.8) is 0 Å². The molecule has 0 bridgehead atoms. The smallest absolute Gasteiger partial charge is 0.223 e. The van der Waals surface area contributed by atoms with Crippen molar-refractivity contribution in [3.05, 3.63) is 40.3 Å². The zero-order chi connectivity index (χ0) is 17.8. The molecule has 1 aliphatic heterocycles. The topological polar surface area (TPSA) is 72.4 Å². The fourth-order valence-electron chi connectivity index (χ4n) is 3.17. The number of aryl methyl sites for hydroxylation is 1. The average molecular weight is 382 g/mol. The third-order valence-electron chi connectivity index (χ3n) is 4.52. The number of oxazole rings is 1. The average Bonchev–Trinajstić information content (AvgIpc) is 3.08. The first-order valence-corrected chi connectivity index (χ1v) is 9.23. The van der Waals surface area contributed by atoms with Gasteiger partial charge in [-0.15, -0.1) is 0 Å². The van der Waals surface area contributed by atoms with Gasteiger partial charge < -0.3 is 15.1 Å². The highest BCUT2D eigenvalue weighted by atomic mass is 35.5. The van der Waals surface area contributed by atoms with Crippen LogP contribution in [0.2, 0.25) is 10.0 Å². The second kappa shape index (κ2) is 8.21. The SMILES string of the molecule is NCC1CCCCN1C(=O)CCc1ncc(-c2ccc(Cl)cc2Cl)o1. The summed E-state index contributed by atoms with van der Waals surface area (Å²) in [5, 5.41) is 1.07. The van der Waals surface area contributed by atoms with E-state index < -0.39 is 0 Å². The molecule has 5 nitrogen and oxygen atoms in total. The highest BCUT2D eigenvalue weighted by Crippen LogP contribution is 2.31. The van der Waals surface area contributed by atoms with Gasteiger partial charge in [0.25, 0.3) is 0 Å². The first kappa shape index (κ1) is 18.2. The van der Waals surface area contributed by atoms with Crippen LogP contribution < -0.4 is 5.73 Å². The molecule has 25 heavy (non-hydrogen) atoms. The van der Waals surface area contributed by atoms with E-state index in [1.807, 2.05) is 4.90 Å². The van der Waals surface area contributed by atoms with Gasteiger partial charge in [0.2, 0.25) is 5.91 Å². The van der Waals surface area contributed by atoms with Crippen molar-refractivity contribution in [2.45, 2.75) is 38.1 Å². The summed E-state index contributed by atoms with van der Waals surface area (Å²) in [6.07, 6.45) is 5.61. The molecule has 2 N–H and O–H groups in total. The minimum Gasteiger partial charge on any atom is -0.441 e. The molecule has 134 valence electrons. The third kappa shape index (κ3) is 4.35.